The minimum atomic E-state index is -0.674. The van der Waals surface area contributed by atoms with Crippen LogP contribution in [-0.2, 0) is 10.8 Å². The van der Waals surface area contributed by atoms with E-state index >= 15 is 0 Å². The van der Waals surface area contributed by atoms with Crippen molar-refractivity contribution in [1.29, 1.82) is 0 Å². The Labute approximate surface area is 361 Å². The highest BCUT2D eigenvalue weighted by Crippen LogP contribution is 2.68. The fourth-order valence-corrected chi connectivity index (χ4v) is 11.4. The standard InChI is InChI=1S/C60H38N2/c1-3-19-39(20-4-1)41-23-17-24-42(37-41)56-38-55(40-21-5-2-6-22-40)61-58(62-56)47-29-18-36-54-57(47)60(50-32-13-9-27-45(50)46-28-10-14-33-51(46)60)53-35-16-15-34-52(53)59(54)48-30-11-7-25-43(48)44-26-8-12-31-49(44)59/h1-38H. The molecule has 9 aromatic carbocycles. The SMILES string of the molecule is c1ccc(-c2cccc(-c3cc(-c4ccccc4)nc(-c4cccc5c4C4(c6ccccc6-c6ccccc64)c4ccccc4C54c5ccccc5-c5ccccc54)n3)c2)cc1. The lowest BCUT2D eigenvalue weighted by atomic mass is 9.51. The van der Waals surface area contributed by atoms with Gasteiger partial charge in [-0.15, -0.1) is 0 Å². The fraction of sp³-hybridized carbons (Fsp3) is 0.0333. The highest BCUT2D eigenvalue weighted by atomic mass is 14.9. The first-order valence-corrected chi connectivity index (χ1v) is 21.5. The van der Waals surface area contributed by atoms with Gasteiger partial charge in [0.15, 0.2) is 5.82 Å². The first-order chi connectivity index (χ1) is 30.8. The van der Waals surface area contributed by atoms with E-state index in [0.29, 0.717) is 5.82 Å². The maximum absolute atomic E-state index is 5.66. The van der Waals surface area contributed by atoms with Crippen LogP contribution in [0.25, 0.3) is 67.3 Å². The van der Waals surface area contributed by atoms with Crippen molar-refractivity contribution in [2.75, 3.05) is 0 Å². The summed E-state index contributed by atoms with van der Waals surface area (Å²) < 4.78 is 0. The maximum Gasteiger partial charge on any atom is 0.160 e. The molecular formula is C60H38N2. The van der Waals surface area contributed by atoms with E-state index in [1.165, 1.54) is 72.3 Å². The molecule has 1 aromatic heterocycles. The Kier molecular flexibility index (Phi) is 7.47. The average molecular weight is 787 g/mol. The van der Waals surface area contributed by atoms with Gasteiger partial charge < -0.3 is 0 Å². The van der Waals surface area contributed by atoms with Crippen molar-refractivity contribution in [3.63, 3.8) is 0 Å². The molecule has 13 rings (SSSR count). The molecule has 0 fully saturated rings. The van der Waals surface area contributed by atoms with Crippen LogP contribution in [-0.4, -0.2) is 9.97 Å². The van der Waals surface area contributed by atoms with Gasteiger partial charge in [0.2, 0.25) is 0 Å². The Hall–Kier alpha value is -7.94. The van der Waals surface area contributed by atoms with E-state index in [1.54, 1.807) is 0 Å². The largest absolute Gasteiger partial charge is 0.228 e. The third kappa shape index (κ3) is 4.64. The zero-order chi connectivity index (χ0) is 40.8. The highest BCUT2D eigenvalue weighted by Gasteiger charge is 2.59. The highest BCUT2D eigenvalue weighted by molar-refractivity contribution is 5.96. The topological polar surface area (TPSA) is 25.8 Å². The van der Waals surface area contributed by atoms with Crippen molar-refractivity contribution in [3.8, 4) is 67.3 Å². The fourth-order valence-electron chi connectivity index (χ4n) is 11.4. The zero-order valence-corrected chi connectivity index (χ0v) is 33.8. The number of hydrogen-bond acceptors (Lipinski definition) is 2. The van der Waals surface area contributed by atoms with Gasteiger partial charge >= 0.3 is 0 Å². The molecule has 0 atom stereocenters. The molecule has 0 bridgehead atoms. The molecular weight excluding hydrogens is 749 g/mol. The third-order valence-electron chi connectivity index (χ3n) is 13.8. The molecule has 10 aromatic rings. The quantitative estimate of drug-likeness (QED) is 0.178. The second-order valence-electron chi connectivity index (χ2n) is 16.7. The van der Waals surface area contributed by atoms with Crippen LogP contribution in [0.2, 0.25) is 0 Å². The van der Waals surface area contributed by atoms with Crippen LogP contribution < -0.4 is 0 Å². The van der Waals surface area contributed by atoms with Crippen molar-refractivity contribution in [2.24, 2.45) is 0 Å². The van der Waals surface area contributed by atoms with Gasteiger partial charge in [0.05, 0.1) is 22.2 Å². The summed E-state index contributed by atoms with van der Waals surface area (Å²) in [4.78, 5) is 11.3. The lowest BCUT2D eigenvalue weighted by Gasteiger charge is -2.49. The first kappa shape index (κ1) is 34.9. The van der Waals surface area contributed by atoms with Gasteiger partial charge in [-0.25, -0.2) is 9.97 Å². The number of aromatic nitrogens is 2. The molecule has 2 spiro atoms. The minimum Gasteiger partial charge on any atom is -0.228 e. The zero-order valence-electron chi connectivity index (χ0n) is 33.8. The number of fused-ring (bicyclic) bond motifs is 16. The summed E-state index contributed by atoms with van der Waals surface area (Å²) in [7, 11) is 0. The van der Waals surface area contributed by atoms with E-state index in [-0.39, 0.29) is 0 Å². The summed E-state index contributed by atoms with van der Waals surface area (Å²) in [6, 6.07) is 84.6. The smallest absolute Gasteiger partial charge is 0.160 e. The van der Waals surface area contributed by atoms with E-state index in [2.05, 4.69) is 231 Å². The van der Waals surface area contributed by atoms with Crippen LogP contribution in [0.1, 0.15) is 44.5 Å². The van der Waals surface area contributed by atoms with E-state index in [0.717, 1.165) is 33.6 Å². The molecule has 3 aliphatic carbocycles. The van der Waals surface area contributed by atoms with Crippen LogP contribution in [0.3, 0.4) is 0 Å². The Morgan fingerprint density at radius 3 is 1.18 bits per heavy atom. The Balaban J connectivity index is 1.19. The van der Waals surface area contributed by atoms with E-state index in [4.69, 9.17) is 9.97 Å². The summed E-state index contributed by atoms with van der Waals surface area (Å²) in [6.07, 6.45) is 0. The molecule has 0 amide bonds. The van der Waals surface area contributed by atoms with E-state index in [9.17, 15) is 0 Å². The Morgan fingerprint density at radius 2 is 0.613 bits per heavy atom. The summed E-state index contributed by atoms with van der Waals surface area (Å²) in [5.74, 6) is 0.707. The molecule has 0 saturated carbocycles. The molecule has 288 valence electrons. The Morgan fingerprint density at radius 1 is 0.242 bits per heavy atom. The number of nitrogens with zero attached hydrogens (tertiary/aromatic N) is 2. The van der Waals surface area contributed by atoms with Gasteiger partial charge in [-0.2, -0.15) is 0 Å². The van der Waals surface area contributed by atoms with Crippen molar-refractivity contribution in [1.82, 2.24) is 9.97 Å². The molecule has 62 heavy (non-hydrogen) atoms. The van der Waals surface area contributed by atoms with E-state index < -0.39 is 10.8 Å². The van der Waals surface area contributed by atoms with Crippen LogP contribution in [0.4, 0.5) is 0 Å². The van der Waals surface area contributed by atoms with Crippen LogP contribution >= 0.6 is 0 Å². The summed E-state index contributed by atoms with van der Waals surface area (Å²) in [5.41, 5.74) is 21.3. The monoisotopic (exact) mass is 786 g/mol. The van der Waals surface area contributed by atoms with Gasteiger partial charge in [-0.1, -0.05) is 218 Å². The number of hydrogen-bond donors (Lipinski definition) is 0. The molecule has 0 radical (unpaired) electrons. The van der Waals surface area contributed by atoms with Crippen molar-refractivity contribution >= 4 is 0 Å². The van der Waals surface area contributed by atoms with Crippen LogP contribution in [0.5, 0.6) is 0 Å². The van der Waals surface area contributed by atoms with Crippen molar-refractivity contribution in [3.05, 3.63) is 275 Å². The van der Waals surface area contributed by atoms with Gasteiger partial charge in [0, 0.05) is 16.7 Å². The molecule has 0 aliphatic heterocycles. The lowest BCUT2D eigenvalue weighted by Crippen LogP contribution is -2.44. The van der Waals surface area contributed by atoms with Crippen LogP contribution in [0.15, 0.2) is 231 Å². The summed E-state index contributed by atoms with van der Waals surface area (Å²) in [6.45, 7) is 0. The van der Waals surface area contributed by atoms with Crippen molar-refractivity contribution in [2.45, 2.75) is 10.8 Å². The van der Waals surface area contributed by atoms with E-state index in [1.807, 2.05) is 0 Å². The molecule has 0 N–H and O–H groups in total. The minimum absolute atomic E-state index is 0.600. The predicted molar refractivity (Wildman–Crippen MR) is 252 cm³/mol. The molecule has 3 aliphatic rings. The predicted octanol–water partition coefficient (Wildman–Crippen LogP) is 14.2. The molecule has 1 heterocycles. The van der Waals surface area contributed by atoms with Crippen molar-refractivity contribution < 1.29 is 0 Å². The number of benzene rings is 9. The second-order valence-corrected chi connectivity index (χ2v) is 16.7. The number of rotatable bonds is 4. The normalized spacial score (nSPS) is 14.1. The second kappa shape index (κ2) is 13.3. The lowest BCUT2D eigenvalue weighted by molar-refractivity contribution is 0.634. The van der Waals surface area contributed by atoms with Gasteiger partial charge in [-0.3, -0.25) is 0 Å². The van der Waals surface area contributed by atoms with Gasteiger partial charge in [0.1, 0.15) is 0 Å². The summed E-state index contributed by atoms with van der Waals surface area (Å²) in [5, 5.41) is 0. The third-order valence-corrected chi connectivity index (χ3v) is 13.8. The average Bonchev–Trinajstić information content (AvgIpc) is 3.82. The first-order valence-electron chi connectivity index (χ1n) is 21.5. The molecule has 0 saturated heterocycles. The van der Waals surface area contributed by atoms with Crippen LogP contribution in [0, 0.1) is 0 Å². The Bertz CT molecular complexity index is 3330. The molecule has 0 unspecified atom stereocenters. The summed E-state index contributed by atoms with van der Waals surface area (Å²) >= 11 is 0. The molecule has 2 nitrogen and oxygen atoms in total. The molecule has 2 heteroatoms. The van der Waals surface area contributed by atoms with Gasteiger partial charge in [-0.05, 0) is 90.0 Å². The maximum atomic E-state index is 5.66. The van der Waals surface area contributed by atoms with Gasteiger partial charge in [0.25, 0.3) is 0 Å².